The summed E-state index contributed by atoms with van der Waals surface area (Å²) in [6, 6.07) is 15.4. The number of hydrogen-bond donors (Lipinski definition) is 2. The molecule has 5 rings (SSSR count). The lowest BCUT2D eigenvalue weighted by molar-refractivity contribution is -0.138. The molecule has 5 nitrogen and oxygen atoms in total. The largest absolute Gasteiger partial charge is 0.416 e. The number of piperidine rings is 1. The highest BCUT2D eigenvalue weighted by Crippen LogP contribution is 2.40. The van der Waals surface area contributed by atoms with Crippen molar-refractivity contribution >= 4 is 23.2 Å². The zero-order valence-corrected chi connectivity index (χ0v) is 23.7. The van der Waals surface area contributed by atoms with E-state index in [9.17, 15) is 27.2 Å². The molecular weight excluding hydrogens is 546 g/mol. The molecule has 222 valence electrons. The van der Waals surface area contributed by atoms with Gasteiger partial charge in [-0.15, -0.1) is 0 Å². The maximum absolute atomic E-state index is 14.9. The van der Waals surface area contributed by atoms with Gasteiger partial charge in [-0.3, -0.25) is 9.59 Å². The van der Waals surface area contributed by atoms with Crippen LogP contribution in [-0.2, 0) is 11.0 Å². The van der Waals surface area contributed by atoms with Crippen LogP contribution in [0.15, 0.2) is 60.7 Å². The van der Waals surface area contributed by atoms with Crippen LogP contribution in [0.3, 0.4) is 0 Å². The minimum Gasteiger partial charge on any atom is -0.382 e. The molecule has 2 amide bonds. The van der Waals surface area contributed by atoms with Gasteiger partial charge >= 0.3 is 6.18 Å². The summed E-state index contributed by atoms with van der Waals surface area (Å²) in [6.07, 6.45) is 0.915. The van der Waals surface area contributed by atoms with Gasteiger partial charge in [0.05, 0.1) is 23.1 Å². The highest BCUT2D eigenvalue weighted by atomic mass is 19.4. The van der Waals surface area contributed by atoms with Crippen molar-refractivity contribution in [3.63, 3.8) is 0 Å². The number of nitrogens with zero attached hydrogens (tertiary/aromatic N) is 1. The van der Waals surface area contributed by atoms with E-state index in [2.05, 4.69) is 10.6 Å². The quantitative estimate of drug-likeness (QED) is 0.290. The molecule has 9 heteroatoms. The molecule has 2 fully saturated rings. The second kappa shape index (κ2) is 12.2. The van der Waals surface area contributed by atoms with Crippen molar-refractivity contribution in [2.45, 2.75) is 70.6 Å². The molecule has 0 spiro atoms. The highest BCUT2D eigenvalue weighted by molar-refractivity contribution is 5.98. The van der Waals surface area contributed by atoms with E-state index in [0.717, 1.165) is 24.6 Å². The van der Waals surface area contributed by atoms with Gasteiger partial charge in [0.15, 0.2) is 0 Å². The molecule has 2 N–H and O–H groups in total. The Kier molecular flexibility index (Phi) is 8.57. The molecule has 2 atom stereocenters. The van der Waals surface area contributed by atoms with E-state index in [4.69, 9.17) is 0 Å². The number of halogens is 4. The van der Waals surface area contributed by atoms with Crippen molar-refractivity contribution in [3.05, 3.63) is 94.3 Å². The number of likely N-dealkylation sites (tertiary alicyclic amines) is 1. The number of aryl methyl sites for hydroxylation is 2. The lowest BCUT2D eigenvalue weighted by Crippen LogP contribution is -2.46. The summed E-state index contributed by atoms with van der Waals surface area (Å²) < 4.78 is 55.5. The second-order valence-corrected chi connectivity index (χ2v) is 11.4. The Hall–Kier alpha value is -3.88. The summed E-state index contributed by atoms with van der Waals surface area (Å²) >= 11 is 0. The van der Waals surface area contributed by atoms with Crippen LogP contribution in [0.2, 0.25) is 0 Å². The number of hydrogen-bond acceptors (Lipinski definition) is 3. The molecule has 1 saturated heterocycles. The van der Waals surface area contributed by atoms with Gasteiger partial charge in [0.1, 0.15) is 5.82 Å². The van der Waals surface area contributed by atoms with Crippen molar-refractivity contribution in [3.8, 4) is 0 Å². The van der Waals surface area contributed by atoms with E-state index in [0.29, 0.717) is 36.6 Å². The van der Waals surface area contributed by atoms with E-state index in [-0.39, 0.29) is 16.8 Å². The molecule has 0 unspecified atom stereocenters. The second-order valence-electron chi connectivity index (χ2n) is 11.4. The van der Waals surface area contributed by atoms with Gasteiger partial charge in [-0.05, 0) is 86.6 Å². The number of rotatable bonds is 6. The Morgan fingerprint density at radius 3 is 2.21 bits per heavy atom. The molecule has 0 radical (unpaired) electrons. The summed E-state index contributed by atoms with van der Waals surface area (Å²) in [5.74, 6) is -2.41. The Bertz CT molecular complexity index is 1430. The highest BCUT2D eigenvalue weighted by Gasteiger charge is 2.41. The zero-order chi connectivity index (χ0) is 30.0. The average Bonchev–Trinajstić information content (AvgIpc) is 3.46. The molecule has 1 aliphatic heterocycles. The molecule has 0 bridgehead atoms. The number of alkyl halides is 3. The monoisotopic (exact) mass is 581 g/mol. The van der Waals surface area contributed by atoms with Crippen molar-refractivity contribution < 1.29 is 27.2 Å². The SMILES string of the molecule is Cc1ccc(NC(=O)[C@@H]2CCCN(C(=O)c3c(C)cccc3F)[C@H]2c2ccc(NC3CCCC3)cc2)cc1C(F)(F)F. The van der Waals surface area contributed by atoms with Gasteiger partial charge < -0.3 is 15.5 Å². The first-order valence-corrected chi connectivity index (χ1v) is 14.4. The molecule has 1 heterocycles. The van der Waals surface area contributed by atoms with Crippen LogP contribution >= 0.6 is 0 Å². The lowest BCUT2D eigenvalue weighted by Gasteiger charge is -2.41. The van der Waals surface area contributed by atoms with E-state index in [1.54, 1.807) is 13.0 Å². The minimum atomic E-state index is -4.56. The molecule has 0 aromatic heterocycles. The van der Waals surface area contributed by atoms with Crippen LogP contribution < -0.4 is 10.6 Å². The van der Waals surface area contributed by atoms with Crippen LogP contribution in [0.4, 0.5) is 28.9 Å². The summed E-state index contributed by atoms with van der Waals surface area (Å²) in [6.45, 7) is 3.34. The summed E-state index contributed by atoms with van der Waals surface area (Å²) in [5.41, 5.74) is 1.34. The summed E-state index contributed by atoms with van der Waals surface area (Å²) in [5, 5.41) is 6.20. The van der Waals surface area contributed by atoms with Crippen LogP contribution in [-0.4, -0.2) is 29.3 Å². The maximum atomic E-state index is 14.9. The van der Waals surface area contributed by atoms with Gasteiger partial charge in [0, 0.05) is 24.0 Å². The molecule has 2 aliphatic rings. The number of benzene rings is 3. The topological polar surface area (TPSA) is 61.4 Å². The molecule has 42 heavy (non-hydrogen) atoms. The maximum Gasteiger partial charge on any atom is 0.416 e. The predicted octanol–water partition coefficient (Wildman–Crippen LogP) is 8.05. The standard InChI is InChI=1S/C33H35F4N3O2/c1-20-12-15-25(19-27(20)33(35,36)37)39-31(41)26-10-6-18-40(32(42)29-21(2)7-5-11-28(29)34)30(26)22-13-16-24(17-14-22)38-23-8-3-4-9-23/h5,7,11-17,19,23,26,30,38H,3-4,6,8-10,18H2,1-2H3,(H,39,41)/t26-,30+/m1/s1. The molecular formula is C33H35F4N3O2. The fraction of sp³-hybridized carbons (Fsp3) is 0.394. The van der Waals surface area contributed by atoms with Crippen LogP contribution in [0, 0.1) is 25.6 Å². The first kappa shape index (κ1) is 29.6. The van der Waals surface area contributed by atoms with E-state index < -0.39 is 41.3 Å². The first-order valence-electron chi connectivity index (χ1n) is 14.4. The van der Waals surface area contributed by atoms with Crippen molar-refractivity contribution in [1.82, 2.24) is 4.90 Å². The third kappa shape index (κ3) is 6.30. The van der Waals surface area contributed by atoms with Gasteiger partial charge in [0.2, 0.25) is 5.91 Å². The van der Waals surface area contributed by atoms with Gasteiger partial charge in [-0.2, -0.15) is 13.2 Å². The van der Waals surface area contributed by atoms with Gasteiger partial charge in [-0.25, -0.2) is 4.39 Å². The zero-order valence-electron chi connectivity index (χ0n) is 23.7. The molecule has 3 aromatic carbocycles. The predicted molar refractivity (Wildman–Crippen MR) is 155 cm³/mol. The minimum absolute atomic E-state index is 0.0289. The van der Waals surface area contributed by atoms with Crippen molar-refractivity contribution in [1.29, 1.82) is 0 Å². The lowest BCUT2D eigenvalue weighted by atomic mass is 9.83. The Labute approximate surface area is 243 Å². The van der Waals surface area contributed by atoms with E-state index in [1.165, 1.54) is 48.9 Å². The third-order valence-electron chi connectivity index (χ3n) is 8.45. The average molecular weight is 582 g/mol. The van der Waals surface area contributed by atoms with E-state index in [1.807, 2.05) is 24.3 Å². The number of amides is 2. The van der Waals surface area contributed by atoms with Crippen LogP contribution in [0.5, 0.6) is 0 Å². The van der Waals surface area contributed by atoms with Crippen molar-refractivity contribution in [2.75, 3.05) is 17.2 Å². The fourth-order valence-electron chi connectivity index (χ4n) is 6.28. The number of carbonyl (C=O) groups is 2. The Balaban J connectivity index is 1.48. The van der Waals surface area contributed by atoms with Gasteiger partial charge in [-0.1, -0.05) is 43.2 Å². The summed E-state index contributed by atoms with van der Waals surface area (Å²) in [7, 11) is 0. The Morgan fingerprint density at radius 1 is 0.857 bits per heavy atom. The normalized spacial score (nSPS) is 19.5. The van der Waals surface area contributed by atoms with Crippen LogP contribution in [0.1, 0.15) is 77.2 Å². The number of anilines is 2. The number of carbonyl (C=O) groups excluding carboxylic acids is 2. The van der Waals surface area contributed by atoms with E-state index >= 15 is 0 Å². The number of nitrogens with one attached hydrogen (secondary N) is 2. The third-order valence-corrected chi connectivity index (χ3v) is 8.45. The van der Waals surface area contributed by atoms with Gasteiger partial charge in [0.25, 0.3) is 5.91 Å². The fourth-order valence-corrected chi connectivity index (χ4v) is 6.28. The first-order chi connectivity index (χ1) is 20.0. The molecule has 1 saturated carbocycles. The van der Waals surface area contributed by atoms with Crippen LogP contribution in [0.25, 0.3) is 0 Å². The Morgan fingerprint density at radius 2 is 1.55 bits per heavy atom. The molecule has 1 aliphatic carbocycles. The smallest absolute Gasteiger partial charge is 0.382 e. The van der Waals surface area contributed by atoms with Crippen molar-refractivity contribution in [2.24, 2.45) is 5.92 Å². The molecule has 3 aromatic rings. The summed E-state index contributed by atoms with van der Waals surface area (Å²) in [4.78, 5) is 29.1.